The van der Waals surface area contributed by atoms with Gasteiger partial charge in [0.2, 0.25) is 0 Å². The first-order chi connectivity index (χ1) is 10.5. The van der Waals surface area contributed by atoms with Crippen LogP contribution in [-0.2, 0) is 0 Å². The largest absolute Gasteiger partial charge is 0.494 e. The van der Waals surface area contributed by atoms with Crippen molar-refractivity contribution in [2.45, 2.75) is 6.92 Å². The van der Waals surface area contributed by atoms with E-state index in [4.69, 9.17) is 4.74 Å². The Hall–Kier alpha value is -2.41. The van der Waals surface area contributed by atoms with Gasteiger partial charge in [0, 0.05) is 22.2 Å². The molecule has 0 saturated carbocycles. The topological polar surface area (TPSA) is 81.5 Å². The number of nitro groups is 1. The maximum Gasteiger partial charge on any atom is 0.270 e. The van der Waals surface area contributed by atoms with Crippen LogP contribution in [0.15, 0.2) is 46.9 Å². The Labute approximate surface area is 135 Å². The normalized spacial score (nSPS) is 10.1. The number of rotatable bonds is 5. The highest BCUT2D eigenvalue weighted by Gasteiger charge is 2.12. The summed E-state index contributed by atoms with van der Waals surface area (Å²) in [5.74, 6) is 0.383. The highest BCUT2D eigenvalue weighted by molar-refractivity contribution is 9.10. The van der Waals surface area contributed by atoms with E-state index in [1.54, 1.807) is 24.3 Å². The Morgan fingerprint density at radius 2 is 1.95 bits per heavy atom. The third-order valence-electron chi connectivity index (χ3n) is 2.84. The fraction of sp³-hybridized carbons (Fsp3) is 0.133. The van der Waals surface area contributed by atoms with Crippen molar-refractivity contribution in [1.29, 1.82) is 0 Å². The van der Waals surface area contributed by atoms with Crippen LogP contribution in [0.3, 0.4) is 0 Å². The minimum atomic E-state index is -0.497. The summed E-state index contributed by atoms with van der Waals surface area (Å²) in [7, 11) is 0. The van der Waals surface area contributed by atoms with Crippen molar-refractivity contribution in [1.82, 2.24) is 0 Å². The van der Waals surface area contributed by atoms with Gasteiger partial charge in [0.15, 0.2) is 0 Å². The van der Waals surface area contributed by atoms with Crippen molar-refractivity contribution in [3.63, 3.8) is 0 Å². The molecule has 0 heterocycles. The van der Waals surface area contributed by atoms with Crippen LogP contribution < -0.4 is 10.1 Å². The van der Waals surface area contributed by atoms with Crippen molar-refractivity contribution < 1.29 is 14.5 Å². The first-order valence-corrected chi connectivity index (χ1v) is 7.28. The summed E-state index contributed by atoms with van der Waals surface area (Å²) >= 11 is 3.21. The molecule has 6 nitrogen and oxygen atoms in total. The van der Waals surface area contributed by atoms with Crippen LogP contribution in [0.2, 0.25) is 0 Å². The molecular weight excluding hydrogens is 352 g/mol. The number of non-ortho nitro benzene ring substituents is 1. The van der Waals surface area contributed by atoms with E-state index in [-0.39, 0.29) is 11.6 Å². The lowest BCUT2D eigenvalue weighted by atomic mass is 10.2. The van der Waals surface area contributed by atoms with Crippen molar-refractivity contribution in [2.24, 2.45) is 0 Å². The molecule has 1 N–H and O–H groups in total. The second-order valence-corrected chi connectivity index (χ2v) is 5.19. The second-order valence-electron chi connectivity index (χ2n) is 4.33. The molecule has 0 radical (unpaired) electrons. The number of carbonyl (C=O) groups excluding carboxylic acids is 1. The Morgan fingerprint density at radius 1 is 1.27 bits per heavy atom. The summed E-state index contributed by atoms with van der Waals surface area (Å²) in [5, 5.41) is 13.4. The minimum absolute atomic E-state index is 0.0501. The second kappa shape index (κ2) is 7.04. The summed E-state index contributed by atoms with van der Waals surface area (Å²) in [6.07, 6.45) is 0. The minimum Gasteiger partial charge on any atom is -0.494 e. The molecule has 0 atom stereocenters. The number of nitro benzene ring substituents is 1. The van der Waals surface area contributed by atoms with Gasteiger partial charge in [0.1, 0.15) is 5.75 Å². The molecule has 0 fully saturated rings. The predicted molar refractivity (Wildman–Crippen MR) is 86.4 cm³/mol. The third kappa shape index (κ3) is 3.82. The summed E-state index contributed by atoms with van der Waals surface area (Å²) < 4.78 is 5.76. The van der Waals surface area contributed by atoms with E-state index in [1.807, 2.05) is 6.92 Å². The molecule has 0 spiro atoms. The molecule has 114 valence electrons. The molecule has 2 rings (SSSR count). The van der Waals surface area contributed by atoms with Gasteiger partial charge in [0.05, 0.1) is 17.2 Å². The maximum absolute atomic E-state index is 12.1. The average molecular weight is 365 g/mol. The maximum atomic E-state index is 12.1. The molecule has 2 aromatic carbocycles. The zero-order valence-electron chi connectivity index (χ0n) is 11.7. The molecule has 1 amide bonds. The van der Waals surface area contributed by atoms with Crippen molar-refractivity contribution >= 4 is 33.2 Å². The van der Waals surface area contributed by atoms with Crippen LogP contribution in [0.4, 0.5) is 11.4 Å². The van der Waals surface area contributed by atoms with E-state index >= 15 is 0 Å². The molecule has 0 aromatic heterocycles. The number of nitrogens with zero attached hydrogens (tertiary/aromatic N) is 1. The van der Waals surface area contributed by atoms with Crippen LogP contribution in [0.25, 0.3) is 0 Å². The number of hydrogen-bond acceptors (Lipinski definition) is 4. The summed E-state index contributed by atoms with van der Waals surface area (Å²) in [6.45, 7) is 2.44. The van der Waals surface area contributed by atoms with Gasteiger partial charge in [-0.1, -0.05) is 0 Å². The average Bonchev–Trinajstić information content (AvgIpc) is 2.50. The number of nitrogens with one attached hydrogen (secondary N) is 1. The van der Waals surface area contributed by atoms with Gasteiger partial charge in [-0.3, -0.25) is 14.9 Å². The summed E-state index contributed by atoms with van der Waals surface area (Å²) in [5.41, 5.74) is 0.879. The quantitative estimate of drug-likeness (QED) is 0.641. The van der Waals surface area contributed by atoms with Crippen LogP contribution in [0.1, 0.15) is 17.3 Å². The number of anilines is 1. The smallest absolute Gasteiger partial charge is 0.270 e. The van der Waals surface area contributed by atoms with Gasteiger partial charge in [0.25, 0.3) is 11.6 Å². The lowest BCUT2D eigenvalue weighted by Crippen LogP contribution is -2.12. The number of amides is 1. The Morgan fingerprint density at radius 3 is 2.50 bits per heavy atom. The highest BCUT2D eigenvalue weighted by atomic mass is 79.9. The summed E-state index contributed by atoms with van der Waals surface area (Å²) in [6, 6.07) is 10.9. The number of hydrogen-bond donors (Lipinski definition) is 1. The SMILES string of the molecule is CCOc1ccc(C(=O)Nc2ccc([N+](=O)[O-])cc2Br)cc1. The monoisotopic (exact) mass is 364 g/mol. The molecule has 22 heavy (non-hydrogen) atoms. The molecule has 0 bridgehead atoms. The van der Waals surface area contributed by atoms with Crippen LogP contribution in [0.5, 0.6) is 5.75 Å². The molecule has 7 heteroatoms. The molecule has 0 aliphatic rings. The lowest BCUT2D eigenvalue weighted by molar-refractivity contribution is -0.384. The van der Waals surface area contributed by atoms with Gasteiger partial charge in [-0.2, -0.15) is 0 Å². The zero-order valence-corrected chi connectivity index (χ0v) is 13.3. The highest BCUT2D eigenvalue weighted by Crippen LogP contribution is 2.27. The Kier molecular flexibility index (Phi) is 5.11. The van der Waals surface area contributed by atoms with E-state index in [1.165, 1.54) is 18.2 Å². The van der Waals surface area contributed by atoms with Gasteiger partial charge in [-0.05, 0) is 53.2 Å². The van der Waals surface area contributed by atoms with E-state index in [0.29, 0.717) is 28.1 Å². The number of carbonyl (C=O) groups is 1. The Balaban J connectivity index is 2.13. The first kappa shape index (κ1) is 16.0. The molecule has 0 aliphatic heterocycles. The van der Waals surface area contributed by atoms with Gasteiger partial charge >= 0.3 is 0 Å². The fourth-order valence-electron chi connectivity index (χ4n) is 1.78. The van der Waals surface area contributed by atoms with Crippen molar-refractivity contribution in [3.05, 3.63) is 62.6 Å². The third-order valence-corrected chi connectivity index (χ3v) is 3.50. The number of benzene rings is 2. The lowest BCUT2D eigenvalue weighted by Gasteiger charge is -2.08. The van der Waals surface area contributed by atoms with E-state index < -0.39 is 4.92 Å². The van der Waals surface area contributed by atoms with Gasteiger partial charge in [-0.15, -0.1) is 0 Å². The Bertz CT molecular complexity index is 701. The standard InChI is InChI=1S/C15H13BrN2O4/c1-2-22-12-6-3-10(4-7-12)15(19)17-14-8-5-11(18(20)21)9-13(14)16/h3-9H,2H2,1H3,(H,17,19). The molecule has 0 aliphatic carbocycles. The zero-order chi connectivity index (χ0) is 16.1. The molecule has 2 aromatic rings. The van der Waals surface area contributed by atoms with Crippen molar-refractivity contribution in [3.8, 4) is 5.75 Å². The first-order valence-electron chi connectivity index (χ1n) is 6.49. The van der Waals surface area contributed by atoms with E-state index in [2.05, 4.69) is 21.2 Å². The number of halogens is 1. The van der Waals surface area contributed by atoms with Crippen molar-refractivity contribution in [2.75, 3.05) is 11.9 Å². The molecule has 0 saturated heterocycles. The van der Waals surface area contributed by atoms with Gasteiger partial charge in [-0.25, -0.2) is 0 Å². The summed E-state index contributed by atoms with van der Waals surface area (Å²) in [4.78, 5) is 22.3. The molecule has 0 unspecified atom stereocenters. The van der Waals surface area contributed by atoms with E-state index in [9.17, 15) is 14.9 Å². The molecular formula is C15H13BrN2O4. The van der Waals surface area contributed by atoms with Crippen LogP contribution >= 0.6 is 15.9 Å². The predicted octanol–water partition coefficient (Wildman–Crippen LogP) is 4.01. The van der Waals surface area contributed by atoms with Crippen LogP contribution in [-0.4, -0.2) is 17.4 Å². The fourth-order valence-corrected chi connectivity index (χ4v) is 2.25. The number of ether oxygens (including phenoxy) is 1. The van der Waals surface area contributed by atoms with Crippen LogP contribution in [0, 0.1) is 10.1 Å². The van der Waals surface area contributed by atoms with Gasteiger partial charge < -0.3 is 10.1 Å². The van der Waals surface area contributed by atoms with E-state index in [0.717, 1.165) is 0 Å².